The third-order valence-electron chi connectivity index (χ3n) is 3.18. The Labute approximate surface area is 128 Å². The maximum Gasteiger partial charge on any atom is 0.250 e. The molecule has 0 aliphatic heterocycles. The Balaban J connectivity index is 0.000000222. The summed E-state index contributed by atoms with van der Waals surface area (Å²) >= 11 is 0. The van der Waals surface area contributed by atoms with Crippen molar-refractivity contribution in [1.29, 1.82) is 0 Å². The molecule has 0 spiro atoms. The first-order valence-electron chi connectivity index (χ1n) is 8.06. The van der Waals surface area contributed by atoms with E-state index in [4.69, 9.17) is 0 Å². The lowest BCUT2D eigenvalue weighted by atomic mass is 10.1. The molecule has 0 aliphatic rings. The molecular weight excluding hydrogens is 260 g/mol. The van der Waals surface area contributed by atoms with E-state index in [1.54, 1.807) is 29.3 Å². The predicted molar refractivity (Wildman–Crippen MR) is 87.6 cm³/mol. The zero-order valence-corrected chi connectivity index (χ0v) is 13.6. The number of hydrogen-bond acceptors (Lipinski definition) is 3. The normalized spacial score (nSPS) is 10.0. The van der Waals surface area contributed by atoms with Crippen molar-refractivity contribution in [3.63, 3.8) is 0 Å². The van der Waals surface area contributed by atoms with Gasteiger partial charge in [-0.2, -0.15) is 5.10 Å². The Kier molecular flexibility index (Phi) is 9.09. The molecule has 4 nitrogen and oxygen atoms in total. The second-order valence-electron chi connectivity index (χ2n) is 5.28. The minimum Gasteiger partial charge on any atom is -0.220 e. The molecular formula is C17H28N4. The summed E-state index contributed by atoms with van der Waals surface area (Å²) in [5.41, 5.74) is 1.10. The van der Waals surface area contributed by atoms with Crippen LogP contribution < -0.4 is 0 Å². The van der Waals surface area contributed by atoms with Gasteiger partial charge in [-0.25, -0.2) is 14.6 Å². The molecule has 0 N–H and O–H groups in total. The summed E-state index contributed by atoms with van der Waals surface area (Å²) in [6.07, 6.45) is 17.0. The number of aromatic nitrogens is 4. The molecule has 2 aromatic rings. The lowest BCUT2D eigenvalue weighted by Gasteiger charge is -1.96. The average molecular weight is 288 g/mol. The van der Waals surface area contributed by atoms with Crippen LogP contribution in [0, 0.1) is 6.92 Å². The van der Waals surface area contributed by atoms with Gasteiger partial charge in [-0.05, 0) is 18.6 Å². The van der Waals surface area contributed by atoms with Crippen LogP contribution in [0.4, 0.5) is 0 Å². The van der Waals surface area contributed by atoms with Crippen LogP contribution in [-0.2, 0) is 0 Å². The summed E-state index contributed by atoms with van der Waals surface area (Å²) in [6.45, 7) is 6.51. The molecule has 0 atom stereocenters. The van der Waals surface area contributed by atoms with Gasteiger partial charge in [-0.15, -0.1) is 0 Å². The van der Waals surface area contributed by atoms with Gasteiger partial charge in [-0.3, -0.25) is 0 Å². The van der Waals surface area contributed by atoms with E-state index in [1.165, 1.54) is 44.9 Å². The van der Waals surface area contributed by atoms with Crippen LogP contribution in [0.3, 0.4) is 0 Å². The third-order valence-corrected chi connectivity index (χ3v) is 3.18. The molecule has 116 valence electrons. The molecule has 0 saturated carbocycles. The second-order valence-corrected chi connectivity index (χ2v) is 5.28. The summed E-state index contributed by atoms with van der Waals surface area (Å²) in [4.78, 5) is 8.10. The van der Waals surface area contributed by atoms with Crippen molar-refractivity contribution in [1.82, 2.24) is 19.7 Å². The maximum absolute atomic E-state index is 4.08. The fraction of sp³-hybridized carbons (Fsp3) is 0.588. The molecule has 0 aliphatic carbocycles. The van der Waals surface area contributed by atoms with Crippen molar-refractivity contribution < 1.29 is 0 Å². The first-order chi connectivity index (χ1) is 10.3. The van der Waals surface area contributed by atoms with E-state index in [9.17, 15) is 0 Å². The Morgan fingerprint density at radius 2 is 1.48 bits per heavy atom. The molecule has 0 bridgehead atoms. The van der Waals surface area contributed by atoms with Gasteiger partial charge >= 0.3 is 0 Å². The fourth-order valence-electron chi connectivity index (χ4n) is 1.96. The first kappa shape index (κ1) is 17.3. The maximum atomic E-state index is 4.08. The van der Waals surface area contributed by atoms with Crippen molar-refractivity contribution in [3.8, 4) is 5.95 Å². The summed E-state index contributed by atoms with van der Waals surface area (Å²) in [6, 6.07) is 1.78. The number of hydrogen-bond donors (Lipinski definition) is 0. The van der Waals surface area contributed by atoms with Crippen LogP contribution in [0.5, 0.6) is 0 Å². The van der Waals surface area contributed by atoms with Gasteiger partial charge in [0.2, 0.25) is 5.95 Å². The summed E-state index contributed by atoms with van der Waals surface area (Å²) in [5, 5.41) is 4.08. The van der Waals surface area contributed by atoms with Gasteiger partial charge in [0.1, 0.15) is 0 Å². The fourth-order valence-corrected chi connectivity index (χ4v) is 1.96. The van der Waals surface area contributed by atoms with Crippen molar-refractivity contribution in [2.45, 2.75) is 65.7 Å². The summed E-state index contributed by atoms with van der Waals surface area (Å²) in [7, 11) is 0. The van der Waals surface area contributed by atoms with Crippen LogP contribution in [0.2, 0.25) is 0 Å². The van der Waals surface area contributed by atoms with Crippen molar-refractivity contribution in [2.75, 3.05) is 0 Å². The number of rotatable bonds is 7. The Hall–Kier alpha value is -1.71. The summed E-state index contributed by atoms with van der Waals surface area (Å²) in [5.74, 6) is 0.602. The first-order valence-corrected chi connectivity index (χ1v) is 8.06. The molecule has 0 saturated heterocycles. The van der Waals surface area contributed by atoms with Crippen molar-refractivity contribution >= 4 is 0 Å². The van der Waals surface area contributed by atoms with Crippen molar-refractivity contribution in [2.24, 2.45) is 0 Å². The standard InChI is InChI=1S/C9H20.C8H8N4/c1-3-5-7-9-8-6-4-2;1-7-5-11-12(6-7)8-9-3-2-4-10-8/h3-9H2,1-2H3;2-6H,1H3. The van der Waals surface area contributed by atoms with E-state index in [0.717, 1.165) is 5.56 Å². The minimum absolute atomic E-state index is 0.602. The highest BCUT2D eigenvalue weighted by molar-refractivity contribution is 5.12. The quantitative estimate of drug-likeness (QED) is 0.692. The highest BCUT2D eigenvalue weighted by Gasteiger charge is 1.97. The monoisotopic (exact) mass is 288 g/mol. The molecule has 2 rings (SSSR count). The van der Waals surface area contributed by atoms with Gasteiger partial charge in [-0.1, -0.05) is 58.8 Å². The molecule has 2 aromatic heterocycles. The van der Waals surface area contributed by atoms with Gasteiger partial charge in [0.25, 0.3) is 0 Å². The van der Waals surface area contributed by atoms with E-state index in [2.05, 4.69) is 28.9 Å². The number of nitrogens with zero attached hydrogens (tertiary/aromatic N) is 4. The Morgan fingerprint density at radius 3 is 1.95 bits per heavy atom. The lowest BCUT2D eigenvalue weighted by molar-refractivity contribution is 0.602. The van der Waals surface area contributed by atoms with E-state index >= 15 is 0 Å². The predicted octanol–water partition coefficient (Wildman–Crippen LogP) is 4.73. The minimum atomic E-state index is 0.602. The molecule has 0 radical (unpaired) electrons. The van der Waals surface area contributed by atoms with Gasteiger partial charge in [0, 0.05) is 18.6 Å². The van der Waals surface area contributed by atoms with E-state index in [-0.39, 0.29) is 0 Å². The van der Waals surface area contributed by atoms with Gasteiger partial charge < -0.3 is 0 Å². The largest absolute Gasteiger partial charge is 0.250 e. The van der Waals surface area contributed by atoms with Crippen LogP contribution in [0.1, 0.15) is 64.4 Å². The van der Waals surface area contributed by atoms with Crippen LogP contribution >= 0.6 is 0 Å². The lowest BCUT2D eigenvalue weighted by Crippen LogP contribution is -1.99. The molecule has 0 amide bonds. The molecule has 2 heterocycles. The molecule has 0 unspecified atom stereocenters. The zero-order chi connectivity index (χ0) is 15.3. The Bertz CT molecular complexity index is 459. The average Bonchev–Trinajstić information content (AvgIpc) is 2.95. The van der Waals surface area contributed by atoms with E-state index in [0.29, 0.717) is 5.95 Å². The van der Waals surface area contributed by atoms with E-state index < -0.39 is 0 Å². The van der Waals surface area contributed by atoms with Gasteiger partial charge in [0.05, 0.1) is 6.20 Å². The number of unbranched alkanes of at least 4 members (excludes halogenated alkanes) is 6. The van der Waals surface area contributed by atoms with Gasteiger partial charge in [0.15, 0.2) is 0 Å². The van der Waals surface area contributed by atoms with Crippen LogP contribution in [0.15, 0.2) is 30.9 Å². The molecule has 4 heteroatoms. The Morgan fingerprint density at radius 1 is 0.905 bits per heavy atom. The SMILES string of the molecule is CCCCCCCCC.Cc1cnn(-c2ncccn2)c1. The van der Waals surface area contributed by atoms with Crippen molar-refractivity contribution in [3.05, 3.63) is 36.4 Å². The molecule has 21 heavy (non-hydrogen) atoms. The van der Waals surface area contributed by atoms with E-state index in [1.807, 2.05) is 13.1 Å². The highest BCUT2D eigenvalue weighted by atomic mass is 15.3. The third kappa shape index (κ3) is 7.59. The van der Waals surface area contributed by atoms with Crippen LogP contribution in [0.25, 0.3) is 5.95 Å². The summed E-state index contributed by atoms with van der Waals surface area (Å²) < 4.78 is 1.65. The van der Waals surface area contributed by atoms with Crippen LogP contribution in [-0.4, -0.2) is 19.7 Å². The molecule has 0 aromatic carbocycles. The second kappa shape index (κ2) is 11.0. The number of aryl methyl sites for hydroxylation is 1. The smallest absolute Gasteiger partial charge is 0.220 e. The topological polar surface area (TPSA) is 43.6 Å². The zero-order valence-electron chi connectivity index (χ0n) is 13.6. The molecule has 0 fully saturated rings. The highest BCUT2D eigenvalue weighted by Crippen LogP contribution is 2.05.